The van der Waals surface area contributed by atoms with Crippen LogP contribution in [-0.2, 0) is 11.0 Å². The molecule has 1 heterocycles. The largest absolute Gasteiger partial charge is 0.417 e. The third-order valence-electron chi connectivity index (χ3n) is 4.62. The third-order valence-corrected chi connectivity index (χ3v) is 4.62. The lowest BCUT2D eigenvalue weighted by molar-refractivity contribution is -0.138. The molecular formula is C19H26F3N3O2. The van der Waals surface area contributed by atoms with Gasteiger partial charge in [-0.25, -0.2) is 0 Å². The van der Waals surface area contributed by atoms with Crippen molar-refractivity contribution in [1.29, 1.82) is 0 Å². The molecule has 0 aliphatic carbocycles. The van der Waals surface area contributed by atoms with Crippen LogP contribution >= 0.6 is 0 Å². The van der Waals surface area contributed by atoms with Gasteiger partial charge in [0.2, 0.25) is 5.91 Å². The standard InChI is InChI=1S/C19H26F3N3O2/c1-3-6-14(2)23-17(26)13-24-9-11-25(12-10-24)18(27)15-7-4-5-8-16(15)19(20,21)22/h4-5,7-8,14H,3,6,9-13H2,1-2H3,(H,23,26)/t14-/m1/s1. The Morgan fingerprint density at radius 3 is 2.37 bits per heavy atom. The van der Waals surface area contributed by atoms with Gasteiger partial charge in [0.15, 0.2) is 0 Å². The molecule has 1 aromatic rings. The van der Waals surface area contributed by atoms with Gasteiger partial charge in [0, 0.05) is 32.2 Å². The molecular weight excluding hydrogens is 359 g/mol. The van der Waals surface area contributed by atoms with E-state index in [2.05, 4.69) is 12.2 Å². The highest BCUT2D eigenvalue weighted by Crippen LogP contribution is 2.32. The topological polar surface area (TPSA) is 52.7 Å². The van der Waals surface area contributed by atoms with Crippen LogP contribution in [0.2, 0.25) is 0 Å². The molecule has 2 amide bonds. The lowest BCUT2D eigenvalue weighted by Gasteiger charge is -2.35. The van der Waals surface area contributed by atoms with Crippen LogP contribution in [0, 0.1) is 0 Å². The summed E-state index contributed by atoms with van der Waals surface area (Å²) in [6, 6.07) is 4.95. The van der Waals surface area contributed by atoms with E-state index in [1.807, 2.05) is 11.8 Å². The van der Waals surface area contributed by atoms with Gasteiger partial charge in [-0.05, 0) is 25.5 Å². The number of nitrogens with zero attached hydrogens (tertiary/aromatic N) is 2. The second kappa shape index (κ2) is 9.21. The average Bonchev–Trinajstić information content (AvgIpc) is 2.61. The molecule has 1 N–H and O–H groups in total. The van der Waals surface area contributed by atoms with Gasteiger partial charge in [0.25, 0.3) is 5.91 Å². The fourth-order valence-corrected chi connectivity index (χ4v) is 3.22. The Bertz CT molecular complexity index is 656. The van der Waals surface area contributed by atoms with E-state index in [-0.39, 0.29) is 24.1 Å². The van der Waals surface area contributed by atoms with Crippen LogP contribution in [0.15, 0.2) is 24.3 Å². The predicted molar refractivity (Wildman–Crippen MR) is 96.3 cm³/mol. The van der Waals surface area contributed by atoms with E-state index in [0.717, 1.165) is 18.9 Å². The number of carbonyl (C=O) groups is 2. The van der Waals surface area contributed by atoms with E-state index in [4.69, 9.17) is 0 Å². The van der Waals surface area contributed by atoms with Crippen molar-refractivity contribution in [3.63, 3.8) is 0 Å². The van der Waals surface area contributed by atoms with Gasteiger partial charge in [0.1, 0.15) is 0 Å². The Hall–Kier alpha value is -2.09. The molecule has 0 bridgehead atoms. The third kappa shape index (κ3) is 5.95. The Balaban J connectivity index is 1.91. The summed E-state index contributed by atoms with van der Waals surface area (Å²) in [5, 5.41) is 2.93. The summed E-state index contributed by atoms with van der Waals surface area (Å²) in [5.74, 6) is -0.693. The quantitative estimate of drug-likeness (QED) is 0.819. The van der Waals surface area contributed by atoms with Gasteiger partial charge >= 0.3 is 6.18 Å². The number of halogens is 3. The minimum absolute atomic E-state index is 0.0712. The van der Waals surface area contributed by atoms with Crippen LogP contribution in [-0.4, -0.2) is 60.4 Å². The highest BCUT2D eigenvalue weighted by atomic mass is 19.4. The molecule has 0 radical (unpaired) electrons. The van der Waals surface area contributed by atoms with Gasteiger partial charge in [-0.3, -0.25) is 14.5 Å². The lowest BCUT2D eigenvalue weighted by atomic mass is 10.1. The number of benzene rings is 1. The molecule has 0 aromatic heterocycles. The summed E-state index contributed by atoms with van der Waals surface area (Å²) in [6.07, 6.45) is -2.67. The summed E-state index contributed by atoms with van der Waals surface area (Å²) >= 11 is 0. The maximum atomic E-state index is 13.1. The number of alkyl halides is 3. The van der Waals surface area contributed by atoms with Gasteiger partial charge < -0.3 is 10.2 Å². The Kier molecular flexibility index (Phi) is 7.24. The zero-order valence-corrected chi connectivity index (χ0v) is 15.7. The number of rotatable bonds is 6. The van der Waals surface area contributed by atoms with Crippen LogP contribution in [0.3, 0.4) is 0 Å². The van der Waals surface area contributed by atoms with Gasteiger partial charge in [0.05, 0.1) is 17.7 Å². The van der Waals surface area contributed by atoms with E-state index in [1.165, 1.54) is 23.1 Å². The Labute approximate surface area is 157 Å². The SMILES string of the molecule is CCC[C@@H](C)NC(=O)CN1CCN(C(=O)c2ccccc2C(F)(F)F)CC1. The first-order chi connectivity index (χ1) is 12.7. The normalized spacial score (nSPS) is 16.9. The van der Waals surface area contributed by atoms with Gasteiger partial charge in [-0.2, -0.15) is 13.2 Å². The fourth-order valence-electron chi connectivity index (χ4n) is 3.22. The minimum atomic E-state index is -4.57. The lowest BCUT2D eigenvalue weighted by Crippen LogP contribution is -2.51. The first kappa shape index (κ1) is 21.2. The molecule has 0 unspecified atom stereocenters. The monoisotopic (exact) mass is 385 g/mol. The molecule has 1 atom stereocenters. The van der Waals surface area contributed by atoms with Crippen molar-refractivity contribution in [1.82, 2.24) is 15.1 Å². The summed E-state index contributed by atoms with van der Waals surface area (Å²) in [7, 11) is 0. The van der Waals surface area contributed by atoms with E-state index >= 15 is 0 Å². The van der Waals surface area contributed by atoms with Crippen LogP contribution in [0.1, 0.15) is 42.6 Å². The molecule has 0 spiro atoms. The van der Waals surface area contributed by atoms with Gasteiger partial charge in [-0.1, -0.05) is 25.5 Å². The van der Waals surface area contributed by atoms with Crippen molar-refractivity contribution < 1.29 is 22.8 Å². The van der Waals surface area contributed by atoms with Crippen molar-refractivity contribution in [2.75, 3.05) is 32.7 Å². The maximum Gasteiger partial charge on any atom is 0.417 e. The van der Waals surface area contributed by atoms with Crippen LogP contribution in [0.25, 0.3) is 0 Å². The predicted octanol–water partition coefficient (Wildman–Crippen LogP) is 2.77. The average molecular weight is 385 g/mol. The zero-order valence-electron chi connectivity index (χ0n) is 15.7. The number of carbonyl (C=O) groups excluding carboxylic acids is 2. The van der Waals surface area contributed by atoms with E-state index in [0.29, 0.717) is 26.2 Å². The molecule has 27 heavy (non-hydrogen) atoms. The fraction of sp³-hybridized carbons (Fsp3) is 0.579. The van der Waals surface area contributed by atoms with E-state index in [1.54, 1.807) is 0 Å². The highest BCUT2D eigenvalue weighted by molar-refractivity contribution is 5.96. The number of hydrogen-bond acceptors (Lipinski definition) is 3. The van der Waals surface area contributed by atoms with Crippen LogP contribution in [0.5, 0.6) is 0 Å². The molecule has 1 aliphatic heterocycles. The zero-order chi connectivity index (χ0) is 20.0. The Morgan fingerprint density at radius 1 is 1.15 bits per heavy atom. The first-order valence-electron chi connectivity index (χ1n) is 9.19. The summed E-state index contributed by atoms with van der Waals surface area (Å²) in [6.45, 7) is 5.73. The molecule has 0 saturated carbocycles. The van der Waals surface area contributed by atoms with E-state index in [9.17, 15) is 22.8 Å². The second-order valence-electron chi connectivity index (χ2n) is 6.87. The van der Waals surface area contributed by atoms with Crippen molar-refractivity contribution in [2.45, 2.75) is 38.9 Å². The minimum Gasteiger partial charge on any atom is -0.353 e. The number of hydrogen-bond donors (Lipinski definition) is 1. The van der Waals surface area contributed by atoms with Crippen molar-refractivity contribution in [3.8, 4) is 0 Å². The molecule has 1 aromatic carbocycles. The Morgan fingerprint density at radius 2 is 1.78 bits per heavy atom. The summed E-state index contributed by atoms with van der Waals surface area (Å²) in [4.78, 5) is 27.9. The number of piperazine rings is 1. The second-order valence-corrected chi connectivity index (χ2v) is 6.87. The molecule has 2 rings (SSSR count). The molecule has 8 heteroatoms. The first-order valence-corrected chi connectivity index (χ1v) is 9.19. The molecule has 1 saturated heterocycles. The smallest absolute Gasteiger partial charge is 0.353 e. The van der Waals surface area contributed by atoms with E-state index < -0.39 is 17.6 Å². The number of nitrogens with one attached hydrogen (secondary N) is 1. The highest BCUT2D eigenvalue weighted by Gasteiger charge is 2.36. The van der Waals surface area contributed by atoms with Crippen molar-refractivity contribution in [2.24, 2.45) is 0 Å². The van der Waals surface area contributed by atoms with Crippen LogP contribution < -0.4 is 5.32 Å². The summed E-state index contributed by atoms with van der Waals surface area (Å²) < 4.78 is 39.4. The van der Waals surface area contributed by atoms with Gasteiger partial charge in [-0.15, -0.1) is 0 Å². The molecule has 5 nitrogen and oxygen atoms in total. The van der Waals surface area contributed by atoms with Crippen molar-refractivity contribution >= 4 is 11.8 Å². The number of amides is 2. The molecule has 1 fully saturated rings. The van der Waals surface area contributed by atoms with Crippen molar-refractivity contribution in [3.05, 3.63) is 35.4 Å². The maximum absolute atomic E-state index is 13.1. The molecule has 150 valence electrons. The molecule has 1 aliphatic rings. The van der Waals surface area contributed by atoms with Crippen LogP contribution in [0.4, 0.5) is 13.2 Å². The summed E-state index contributed by atoms with van der Waals surface area (Å²) in [5.41, 5.74) is -1.24.